The van der Waals surface area contributed by atoms with Crippen LogP contribution in [0.4, 0.5) is 0 Å². The van der Waals surface area contributed by atoms with Crippen molar-refractivity contribution in [2.45, 2.75) is 24.7 Å². The fourth-order valence-corrected chi connectivity index (χ4v) is 13.7. The molecule has 0 amide bonds. The van der Waals surface area contributed by atoms with Gasteiger partial charge < -0.3 is 4.74 Å². The Labute approximate surface area is 284 Å². The lowest BCUT2D eigenvalue weighted by Gasteiger charge is -2.50. The van der Waals surface area contributed by atoms with Crippen LogP contribution < -0.4 is 25.5 Å². The lowest BCUT2D eigenvalue weighted by Crippen LogP contribution is -2.74. The number of benzene rings is 7. The predicted molar refractivity (Wildman–Crippen MR) is 201 cm³/mol. The molecule has 7 aromatic rings. The Morgan fingerprint density at radius 2 is 0.750 bits per heavy atom. The minimum Gasteiger partial charge on any atom is -0.457 e. The van der Waals surface area contributed by atoms with Gasteiger partial charge in [0.25, 0.3) is 0 Å². The van der Waals surface area contributed by atoms with Crippen molar-refractivity contribution in [3.8, 4) is 11.5 Å². The molecule has 1 aliphatic heterocycles. The van der Waals surface area contributed by atoms with E-state index in [1.54, 1.807) is 0 Å². The zero-order valence-electron chi connectivity index (χ0n) is 27.2. The molecule has 1 nitrogen and oxygen atoms in total. The summed E-state index contributed by atoms with van der Waals surface area (Å²) in [5, 5.41) is 5.42. The highest BCUT2D eigenvalue weighted by Gasteiger charge is 2.53. The third-order valence-corrected chi connectivity index (χ3v) is 15.7. The van der Waals surface area contributed by atoms with Crippen molar-refractivity contribution in [2.24, 2.45) is 0 Å². The van der Waals surface area contributed by atoms with E-state index in [0.29, 0.717) is 0 Å². The van der Waals surface area contributed by atoms with Crippen molar-refractivity contribution in [1.29, 1.82) is 0 Å². The van der Waals surface area contributed by atoms with E-state index in [4.69, 9.17) is 4.74 Å². The monoisotopic (exact) mass is 632 g/mol. The van der Waals surface area contributed by atoms with Crippen LogP contribution in [0.1, 0.15) is 47.2 Å². The van der Waals surface area contributed by atoms with E-state index in [9.17, 15) is 0 Å². The number of para-hydroxylation sites is 1. The Bertz CT molecular complexity index is 2140. The second-order valence-corrected chi connectivity index (χ2v) is 17.4. The smallest absolute Gasteiger partial charge is 0.179 e. The quantitative estimate of drug-likeness (QED) is 0.140. The molecule has 1 aliphatic carbocycles. The summed E-state index contributed by atoms with van der Waals surface area (Å²) in [6, 6.07) is 67.6. The van der Waals surface area contributed by atoms with Gasteiger partial charge in [-0.25, -0.2) is 0 Å². The summed E-state index contributed by atoms with van der Waals surface area (Å²) in [7, 11) is -2.80. The molecule has 0 unspecified atom stereocenters. The van der Waals surface area contributed by atoms with Crippen molar-refractivity contribution in [2.75, 3.05) is 0 Å². The molecule has 230 valence electrons. The topological polar surface area (TPSA) is 9.23 Å². The summed E-state index contributed by atoms with van der Waals surface area (Å²) in [4.78, 5) is 0. The van der Waals surface area contributed by atoms with Crippen LogP contribution in [0.15, 0.2) is 182 Å². The van der Waals surface area contributed by atoms with Crippen LogP contribution in [-0.4, -0.2) is 8.07 Å². The number of fused-ring (bicyclic) bond motifs is 8. The van der Waals surface area contributed by atoms with Crippen LogP contribution in [0.25, 0.3) is 0 Å². The number of hydrogen-bond donors (Lipinski definition) is 0. The van der Waals surface area contributed by atoms with E-state index < -0.39 is 13.5 Å². The Hall–Kier alpha value is -5.44. The highest BCUT2D eigenvalue weighted by molar-refractivity contribution is 7.19. The molecule has 0 aromatic heterocycles. The number of rotatable bonds is 4. The first-order valence-electron chi connectivity index (χ1n) is 16.9. The van der Waals surface area contributed by atoms with E-state index in [1.807, 2.05) is 0 Å². The standard InChI is InChI=1S/C46H36OSi/c1-45(2)37-24-12-14-26-39(37)46(40-27-15-13-25-38(40)45)41-28-16-17-29-43(41)47-44-31-30-36(32-42(44)46)48(33-18-6-3-7-19-33,34-20-8-4-9-21-34)35-22-10-5-11-23-35/h3-32H,1-2H3. The molecule has 2 heteroatoms. The molecule has 48 heavy (non-hydrogen) atoms. The molecule has 1 heterocycles. The third-order valence-electron chi connectivity index (χ3n) is 11.0. The van der Waals surface area contributed by atoms with Gasteiger partial charge >= 0.3 is 0 Å². The maximum atomic E-state index is 6.89. The summed E-state index contributed by atoms with van der Waals surface area (Å²) < 4.78 is 6.89. The average molecular weight is 633 g/mol. The van der Waals surface area contributed by atoms with Gasteiger partial charge in [-0.05, 0) is 55.1 Å². The highest BCUT2D eigenvalue weighted by atomic mass is 28.3. The van der Waals surface area contributed by atoms with Crippen molar-refractivity contribution in [3.63, 3.8) is 0 Å². The van der Waals surface area contributed by atoms with Gasteiger partial charge in [-0.15, -0.1) is 0 Å². The van der Waals surface area contributed by atoms with E-state index in [1.165, 1.54) is 54.1 Å². The maximum Gasteiger partial charge on any atom is 0.179 e. The van der Waals surface area contributed by atoms with Crippen molar-refractivity contribution < 1.29 is 4.74 Å². The molecule has 7 aromatic carbocycles. The SMILES string of the molecule is CC1(C)c2ccccc2C2(c3ccccc3Oc3ccc([Si](c4ccccc4)(c4ccccc4)c4ccccc4)cc32)c2ccccc21. The van der Waals surface area contributed by atoms with E-state index in [0.717, 1.165) is 11.5 Å². The summed E-state index contributed by atoms with van der Waals surface area (Å²) >= 11 is 0. The van der Waals surface area contributed by atoms with E-state index in [-0.39, 0.29) is 5.41 Å². The molecule has 2 aliphatic rings. The average Bonchev–Trinajstić information content (AvgIpc) is 3.15. The Morgan fingerprint density at radius 1 is 0.354 bits per heavy atom. The summed E-state index contributed by atoms with van der Waals surface area (Å²) in [5.41, 5.74) is 7.03. The zero-order valence-corrected chi connectivity index (χ0v) is 28.2. The lowest BCUT2D eigenvalue weighted by molar-refractivity contribution is 0.425. The van der Waals surface area contributed by atoms with Gasteiger partial charge in [-0.1, -0.05) is 184 Å². The minimum absolute atomic E-state index is 0.167. The molecule has 0 N–H and O–H groups in total. The first-order valence-corrected chi connectivity index (χ1v) is 18.9. The van der Waals surface area contributed by atoms with Crippen molar-refractivity contribution in [1.82, 2.24) is 0 Å². The molecule has 0 radical (unpaired) electrons. The predicted octanol–water partition coefficient (Wildman–Crippen LogP) is 8.19. The maximum absolute atomic E-state index is 6.89. The van der Waals surface area contributed by atoms with Gasteiger partial charge in [-0.2, -0.15) is 0 Å². The van der Waals surface area contributed by atoms with Gasteiger partial charge in [-0.3, -0.25) is 0 Å². The van der Waals surface area contributed by atoms with Crippen LogP contribution in [0, 0.1) is 0 Å². The van der Waals surface area contributed by atoms with Crippen LogP contribution in [0.3, 0.4) is 0 Å². The number of hydrogen-bond acceptors (Lipinski definition) is 1. The molecular formula is C46H36OSi. The zero-order chi connectivity index (χ0) is 32.3. The Kier molecular flexibility index (Phi) is 6.47. The van der Waals surface area contributed by atoms with Gasteiger partial charge in [0.15, 0.2) is 8.07 Å². The summed E-state index contributed by atoms with van der Waals surface area (Å²) in [5.74, 6) is 1.83. The fourth-order valence-electron chi connectivity index (χ4n) is 8.92. The normalized spacial score (nSPS) is 15.0. The van der Waals surface area contributed by atoms with Gasteiger partial charge in [0.05, 0.1) is 5.41 Å². The Morgan fingerprint density at radius 3 is 1.25 bits per heavy atom. The number of ether oxygens (including phenoxy) is 1. The summed E-state index contributed by atoms with van der Waals surface area (Å²) in [6.07, 6.45) is 0. The molecular weight excluding hydrogens is 597 g/mol. The van der Waals surface area contributed by atoms with Gasteiger partial charge in [0.2, 0.25) is 0 Å². The second kappa shape index (κ2) is 10.8. The van der Waals surface area contributed by atoms with Crippen LogP contribution >= 0.6 is 0 Å². The fraction of sp³-hybridized carbons (Fsp3) is 0.0870. The van der Waals surface area contributed by atoms with E-state index >= 15 is 0 Å². The molecule has 9 rings (SSSR count). The van der Waals surface area contributed by atoms with E-state index in [2.05, 4.69) is 196 Å². The second-order valence-electron chi connectivity index (χ2n) is 13.6. The Balaban J connectivity index is 1.45. The van der Waals surface area contributed by atoms with Crippen LogP contribution in [-0.2, 0) is 10.8 Å². The molecule has 0 saturated carbocycles. The lowest BCUT2D eigenvalue weighted by atomic mass is 9.53. The molecule has 0 saturated heterocycles. The van der Waals surface area contributed by atoms with Gasteiger partial charge in [0, 0.05) is 16.5 Å². The molecule has 0 bridgehead atoms. The van der Waals surface area contributed by atoms with Crippen LogP contribution in [0.2, 0.25) is 0 Å². The van der Waals surface area contributed by atoms with Crippen LogP contribution in [0.5, 0.6) is 11.5 Å². The minimum atomic E-state index is -2.80. The molecule has 1 spiro atoms. The largest absolute Gasteiger partial charge is 0.457 e. The highest BCUT2D eigenvalue weighted by Crippen LogP contribution is 2.61. The first kappa shape index (κ1) is 28.8. The first-order chi connectivity index (χ1) is 23.6. The van der Waals surface area contributed by atoms with Crippen molar-refractivity contribution >= 4 is 28.8 Å². The molecule has 0 fully saturated rings. The van der Waals surface area contributed by atoms with Gasteiger partial charge in [0.1, 0.15) is 11.5 Å². The molecule has 0 atom stereocenters. The third kappa shape index (κ3) is 3.84. The van der Waals surface area contributed by atoms with Crippen molar-refractivity contribution in [3.05, 3.63) is 215 Å². The summed E-state index contributed by atoms with van der Waals surface area (Å²) in [6.45, 7) is 4.75.